The van der Waals surface area contributed by atoms with E-state index in [1.807, 2.05) is 0 Å². The van der Waals surface area contributed by atoms with Crippen molar-refractivity contribution in [2.75, 3.05) is 26.8 Å². The fourth-order valence-electron chi connectivity index (χ4n) is 3.04. The Bertz CT molecular complexity index is 476. The van der Waals surface area contributed by atoms with E-state index in [0.29, 0.717) is 31.7 Å². The van der Waals surface area contributed by atoms with Crippen LogP contribution < -0.4 is 0 Å². The van der Waals surface area contributed by atoms with Crippen molar-refractivity contribution in [3.05, 3.63) is 35.6 Å². The summed E-state index contributed by atoms with van der Waals surface area (Å²) < 4.78 is 19.1. The number of carboxylic acid groups (broad SMARTS) is 1. The van der Waals surface area contributed by atoms with Crippen molar-refractivity contribution in [1.82, 2.24) is 4.90 Å². The summed E-state index contributed by atoms with van der Waals surface area (Å²) in [6.07, 6.45) is 1.21. The molecular weight excluding hydrogens is 261 g/mol. The second-order valence-corrected chi connectivity index (χ2v) is 5.51. The average molecular weight is 281 g/mol. The molecule has 0 aliphatic carbocycles. The van der Waals surface area contributed by atoms with Crippen LogP contribution in [-0.4, -0.2) is 42.9 Å². The maximum Gasteiger partial charge on any atom is 0.407 e. The Labute approximate surface area is 118 Å². The summed E-state index contributed by atoms with van der Waals surface area (Å²) in [5.41, 5.74) is 0.282. The molecule has 1 N–H and O–H groups in total. The standard InChI is InChI=1S/C15H20FNO3/c1-20-11-15(7-4-8-17(10-15)14(18)19)9-12-5-2-3-6-13(12)16/h2-3,5-6H,4,7-11H2,1H3,(H,18,19). The number of hydrogen-bond donors (Lipinski definition) is 1. The molecule has 0 saturated carbocycles. The molecule has 4 nitrogen and oxygen atoms in total. The highest BCUT2D eigenvalue weighted by molar-refractivity contribution is 5.65. The van der Waals surface area contributed by atoms with Gasteiger partial charge in [-0.3, -0.25) is 0 Å². The van der Waals surface area contributed by atoms with E-state index in [4.69, 9.17) is 4.74 Å². The third kappa shape index (κ3) is 3.28. The zero-order valence-electron chi connectivity index (χ0n) is 11.6. The number of rotatable bonds is 4. The van der Waals surface area contributed by atoms with Gasteiger partial charge in [-0.2, -0.15) is 0 Å². The van der Waals surface area contributed by atoms with Crippen LogP contribution in [-0.2, 0) is 11.2 Å². The van der Waals surface area contributed by atoms with Gasteiger partial charge in [-0.05, 0) is 30.9 Å². The van der Waals surface area contributed by atoms with Crippen molar-refractivity contribution in [2.45, 2.75) is 19.3 Å². The Morgan fingerprint density at radius 3 is 2.90 bits per heavy atom. The third-order valence-electron chi connectivity index (χ3n) is 3.91. The van der Waals surface area contributed by atoms with Crippen LogP contribution in [0.15, 0.2) is 24.3 Å². The van der Waals surface area contributed by atoms with Crippen molar-refractivity contribution in [1.29, 1.82) is 0 Å². The SMILES string of the molecule is COCC1(Cc2ccccc2F)CCCN(C(=O)O)C1. The number of methoxy groups -OCH3 is 1. The van der Waals surface area contributed by atoms with Gasteiger partial charge in [-0.25, -0.2) is 9.18 Å². The highest BCUT2D eigenvalue weighted by Gasteiger charge is 2.38. The smallest absolute Gasteiger partial charge is 0.407 e. The number of benzene rings is 1. The van der Waals surface area contributed by atoms with Crippen LogP contribution in [0.3, 0.4) is 0 Å². The predicted octanol–water partition coefficient (Wildman–Crippen LogP) is 2.77. The summed E-state index contributed by atoms with van der Waals surface area (Å²) in [5, 5.41) is 9.17. The van der Waals surface area contributed by atoms with Gasteiger partial charge in [0.05, 0.1) is 6.61 Å². The lowest BCUT2D eigenvalue weighted by molar-refractivity contribution is 0.0150. The fraction of sp³-hybridized carbons (Fsp3) is 0.533. The molecule has 1 aromatic carbocycles. The van der Waals surface area contributed by atoms with Crippen molar-refractivity contribution < 1.29 is 19.0 Å². The maximum atomic E-state index is 13.8. The van der Waals surface area contributed by atoms with Crippen molar-refractivity contribution in [2.24, 2.45) is 5.41 Å². The van der Waals surface area contributed by atoms with E-state index in [9.17, 15) is 14.3 Å². The highest BCUT2D eigenvalue weighted by Crippen LogP contribution is 2.34. The first-order chi connectivity index (χ1) is 9.56. The number of halogens is 1. The average Bonchev–Trinajstić information content (AvgIpc) is 2.42. The minimum atomic E-state index is -0.918. The van der Waals surface area contributed by atoms with Crippen LogP contribution in [0.2, 0.25) is 0 Å². The molecule has 1 fully saturated rings. The number of hydrogen-bond acceptors (Lipinski definition) is 2. The van der Waals surface area contributed by atoms with Crippen LogP contribution in [0.1, 0.15) is 18.4 Å². The van der Waals surface area contributed by atoms with Crippen LogP contribution in [0.25, 0.3) is 0 Å². The normalized spacial score (nSPS) is 22.8. The molecule has 1 heterocycles. The predicted molar refractivity (Wildman–Crippen MR) is 73.2 cm³/mol. The van der Waals surface area contributed by atoms with Gasteiger partial charge in [0.15, 0.2) is 0 Å². The van der Waals surface area contributed by atoms with Crippen molar-refractivity contribution >= 4 is 6.09 Å². The summed E-state index contributed by atoms with van der Waals surface area (Å²) in [5.74, 6) is -0.240. The van der Waals surface area contributed by atoms with Gasteiger partial charge >= 0.3 is 6.09 Å². The molecule has 110 valence electrons. The molecule has 0 radical (unpaired) electrons. The molecule has 0 aromatic heterocycles. The van der Waals surface area contributed by atoms with E-state index in [2.05, 4.69) is 0 Å². The van der Waals surface area contributed by atoms with Crippen LogP contribution in [0.4, 0.5) is 9.18 Å². The first kappa shape index (κ1) is 14.8. The Morgan fingerprint density at radius 2 is 2.25 bits per heavy atom. The lowest BCUT2D eigenvalue weighted by Crippen LogP contribution is -2.48. The molecule has 0 spiro atoms. The number of carbonyl (C=O) groups is 1. The van der Waals surface area contributed by atoms with Gasteiger partial charge < -0.3 is 14.7 Å². The first-order valence-electron chi connectivity index (χ1n) is 6.76. The van der Waals surface area contributed by atoms with E-state index >= 15 is 0 Å². The van der Waals surface area contributed by atoms with Crippen molar-refractivity contribution in [3.8, 4) is 0 Å². The minimum absolute atomic E-state index is 0.240. The van der Waals surface area contributed by atoms with Crippen LogP contribution in [0.5, 0.6) is 0 Å². The molecule has 0 bridgehead atoms. The lowest BCUT2D eigenvalue weighted by atomic mass is 9.75. The summed E-state index contributed by atoms with van der Waals surface area (Å²) in [6, 6.07) is 6.66. The minimum Gasteiger partial charge on any atom is -0.465 e. The second-order valence-electron chi connectivity index (χ2n) is 5.51. The summed E-state index contributed by atoms with van der Waals surface area (Å²) >= 11 is 0. The topological polar surface area (TPSA) is 49.8 Å². The number of piperidine rings is 1. The zero-order chi connectivity index (χ0) is 14.6. The maximum absolute atomic E-state index is 13.8. The van der Waals surface area contributed by atoms with Crippen LogP contribution >= 0.6 is 0 Å². The van der Waals surface area contributed by atoms with Gasteiger partial charge in [0.1, 0.15) is 5.82 Å². The number of likely N-dealkylation sites (tertiary alicyclic amines) is 1. The summed E-state index contributed by atoms with van der Waals surface area (Å²) in [7, 11) is 1.60. The van der Waals surface area contributed by atoms with Gasteiger partial charge in [-0.1, -0.05) is 18.2 Å². The molecule has 5 heteroatoms. The van der Waals surface area contributed by atoms with Crippen LogP contribution in [0, 0.1) is 11.2 Å². The molecule has 1 aromatic rings. The van der Waals surface area contributed by atoms with Gasteiger partial charge in [0.2, 0.25) is 0 Å². The first-order valence-corrected chi connectivity index (χ1v) is 6.76. The number of nitrogens with zero attached hydrogens (tertiary/aromatic N) is 1. The molecular formula is C15H20FNO3. The highest BCUT2D eigenvalue weighted by atomic mass is 19.1. The molecule has 1 aliphatic heterocycles. The zero-order valence-corrected chi connectivity index (χ0v) is 11.6. The number of amides is 1. The molecule has 1 atom stereocenters. The largest absolute Gasteiger partial charge is 0.465 e. The van der Waals surface area contributed by atoms with Gasteiger partial charge in [0, 0.05) is 25.6 Å². The molecule has 1 aliphatic rings. The van der Waals surface area contributed by atoms with E-state index in [0.717, 1.165) is 12.8 Å². The fourth-order valence-corrected chi connectivity index (χ4v) is 3.04. The summed E-state index contributed by atoms with van der Waals surface area (Å²) in [4.78, 5) is 12.6. The van der Waals surface area contributed by atoms with E-state index in [-0.39, 0.29) is 11.2 Å². The Morgan fingerprint density at radius 1 is 1.50 bits per heavy atom. The lowest BCUT2D eigenvalue weighted by Gasteiger charge is -2.41. The molecule has 1 unspecified atom stereocenters. The summed E-state index contributed by atoms with van der Waals surface area (Å²) in [6.45, 7) is 1.37. The third-order valence-corrected chi connectivity index (χ3v) is 3.91. The second kappa shape index (κ2) is 6.22. The molecule has 2 rings (SSSR count). The van der Waals surface area contributed by atoms with E-state index in [1.165, 1.54) is 11.0 Å². The van der Waals surface area contributed by atoms with Gasteiger partial charge in [0.25, 0.3) is 0 Å². The molecule has 20 heavy (non-hydrogen) atoms. The quantitative estimate of drug-likeness (QED) is 0.923. The molecule has 1 saturated heterocycles. The van der Waals surface area contributed by atoms with Gasteiger partial charge in [-0.15, -0.1) is 0 Å². The van der Waals surface area contributed by atoms with E-state index in [1.54, 1.807) is 25.3 Å². The monoisotopic (exact) mass is 281 g/mol. The molecule has 1 amide bonds. The number of ether oxygens (including phenoxy) is 1. The van der Waals surface area contributed by atoms with Crippen molar-refractivity contribution in [3.63, 3.8) is 0 Å². The Hall–Kier alpha value is -1.62. The Balaban J connectivity index is 2.21. The Kier molecular flexibility index (Phi) is 4.60. The van der Waals surface area contributed by atoms with E-state index < -0.39 is 6.09 Å².